The molecule has 0 N–H and O–H groups in total. The molecule has 7 rings (SSSR count). The van der Waals surface area contributed by atoms with Crippen LogP contribution in [0.3, 0.4) is 0 Å². The van der Waals surface area contributed by atoms with Crippen molar-refractivity contribution in [1.82, 2.24) is 5.01 Å². The Morgan fingerprint density at radius 3 is 2.44 bits per heavy atom. The Bertz CT molecular complexity index is 1190. The molecule has 32 heavy (non-hydrogen) atoms. The number of imide groups is 1. The van der Waals surface area contributed by atoms with Gasteiger partial charge in [-0.3, -0.25) is 19.7 Å². The summed E-state index contributed by atoms with van der Waals surface area (Å²) >= 11 is 0. The number of rotatable bonds is 5. The summed E-state index contributed by atoms with van der Waals surface area (Å²) < 4.78 is 11.0. The number of benzene rings is 1. The number of non-ortho nitro benzene ring substituents is 1. The van der Waals surface area contributed by atoms with Gasteiger partial charge in [-0.05, 0) is 48.3 Å². The minimum absolute atomic E-state index is 0.0902. The van der Waals surface area contributed by atoms with Crippen molar-refractivity contribution in [1.29, 1.82) is 0 Å². The van der Waals surface area contributed by atoms with Gasteiger partial charge < -0.3 is 9.15 Å². The Labute approximate surface area is 182 Å². The Morgan fingerprint density at radius 2 is 1.81 bits per heavy atom. The van der Waals surface area contributed by atoms with Crippen molar-refractivity contribution in [2.45, 2.75) is 6.42 Å². The number of ether oxygens (including phenoxy) is 1. The summed E-state index contributed by atoms with van der Waals surface area (Å²) in [6.45, 7) is 0. The van der Waals surface area contributed by atoms with Crippen molar-refractivity contribution in [2.75, 3.05) is 7.11 Å². The van der Waals surface area contributed by atoms with Crippen LogP contribution in [0.15, 0.2) is 52.0 Å². The van der Waals surface area contributed by atoms with Crippen LogP contribution in [0.2, 0.25) is 0 Å². The van der Waals surface area contributed by atoms with Crippen LogP contribution in [0, 0.1) is 45.6 Å². The van der Waals surface area contributed by atoms with Gasteiger partial charge in [-0.15, -0.1) is 0 Å². The summed E-state index contributed by atoms with van der Waals surface area (Å²) in [6.07, 6.45) is 6.70. The summed E-state index contributed by atoms with van der Waals surface area (Å²) in [4.78, 5) is 36.4. The molecule has 2 bridgehead atoms. The third-order valence-electron chi connectivity index (χ3n) is 7.23. The molecule has 1 aromatic carbocycles. The fraction of sp³-hybridized carbons (Fsp3) is 0.348. The van der Waals surface area contributed by atoms with Crippen molar-refractivity contribution < 1.29 is 23.7 Å². The second-order valence-electron chi connectivity index (χ2n) is 8.73. The van der Waals surface area contributed by atoms with E-state index >= 15 is 0 Å². The number of hydrogen-bond acceptors (Lipinski definition) is 7. The average Bonchev–Trinajstić information content (AvgIpc) is 3.44. The molecule has 9 heteroatoms. The van der Waals surface area contributed by atoms with Crippen molar-refractivity contribution in [3.63, 3.8) is 0 Å². The minimum atomic E-state index is -0.501. The average molecular weight is 433 g/mol. The molecular formula is C23H19N3O6. The number of hydrogen-bond donors (Lipinski definition) is 0. The van der Waals surface area contributed by atoms with Gasteiger partial charge in [-0.25, -0.2) is 0 Å². The SMILES string of the molecule is COc1cc([N+](=O)[O-])ccc1-c1ccc(/C=N\N2C(=O)[C@@H]3[C@@H]4C=C[C@@H]([C@H]5C[C@@H]45)[C@@H]3C2=O)o1. The Hall–Kier alpha value is -3.75. The third kappa shape index (κ3) is 2.60. The number of hydrazone groups is 1. The normalized spacial score (nSPS) is 31.8. The lowest BCUT2D eigenvalue weighted by molar-refractivity contribution is -0.384. The maximum atomic E-state index is 13.0. The smallest absolute Gasteiger partial charge is 0.273 e. The van der Waals surface area contributed by atoms with E-state index in [0.29, 0.717) is 34.7 Å². The lowest BCUT2D eigenvalue weighted by Gasteiger charge is -2.37. The Balaban J connectivity index is 1.24. The molecule has 2 aromatic rings. The molecule has 2 saturated carbocycles. The number of furan rings is 1. The first kappa shape index (κ1) is 19.0. The van der Waals surface area contributed by atoms with Gasteiger partial charge in [0.15, 0.2) is 0 Å². The van der Waals surface area contributed by atoms with Crippen LogP contribution in [0.5, 0.6) is 5.75 Å². The molecule has 1 saturated heterocycles. The molecule has 2 heterocycles. The second kappa shape index (κ2) is 6.62. The van der Waals surface area contributed by atoms with Gasteiger partial charge >= 0.3 is 0 Å². The number of nitro benzene ring substituents is 1. The molecule has 1 aromatic heterocycles. The largest absolute Gasteiger partial charge is 0.496 e. The molecule has 9 nitrogen and oxygen atoms in total. The summed E-state index contributed by atoms with van der Waals surface area (Å²) in [6, 6.07) is 7.56. The van der Waals surface area contributed by atoms with Crippen LogP contribution in [-0.2, 0) is 9.59 Å². The van der Waals surface area contributed by atoms with E-state index in [4.69, 9.17) is 9.15 Å². The highest BCUT2D eigenvalue weighted by molar-refractivity contribution is 6.06. The van der Waals surface area contributed by atoms with E-state index in [1.54, 1.807) is 18.2 Å². The number of allylic oxidation sites excluding steroid dienone is 2. The summed E-state index contributed by atoms with van der Waals surface area (Å²) in [5.74, 6) is 1.39. The number of carbonyl (C=O) groups excluding carboxylic acids is 2. The standard InChI is InChI=1S/C23H19N3O6/c1-31-19-8-11(26(29)30)2-4-15(19)18-7-3-12(32-18)10-24-25-22(27)20-13-5-6-14(17-9-16(13)17)21(20)23(25)28/h2-8,10,13-14,16-17,20-21H,9H2,1H3/b24-10-/t13-,14+,16+,17-,20-,21+. The minimum Gasteiger partial charge on any atom is -0.496 e. The van der Waals surface area contributed by atoms with Crippen molar-refractivity contribution in [2.24, 2.45) is 40.6 Å². The van der Waals surface area contributed by atoms with E-state index in [2.05, 4.69) is 17.3 Å². The fourth-order valence-electron chi connectivity index (χ4n) is 5.73. The quantitative estimate of drug-likeness (QED) is 0.235. The molecule has 5 aliphatic rings. The second-order valence-corrected chi connectivity index (χ2v) is 8.73. The monoisotopic (exact) mass is 433 g/mol. The zero-order valence-electron chi connectivity index (χ0n) is 17.1. The molecule has 0 unspecified atom stereocenters. The van der Waals surface area contributed by atoms with Gasteiger partial charge in [0.25, 0.3) is 17.5 Å². The van der Waals surface area contributed by atoms with Gasteiger partial charge in [0, 0.05) is 6.07 Å². The van der Waals surface area contributed by atoms with Crippen LogP contribution in [0.1, 0.15) is 12.2 Å². The first-order chi connectivity index (χ1) is 15.5. The number of carbonyl (C=O) groups is 2. The van der Waals surface area contributed by atoms with Crippen molar-refractivity contribution in [3.05, 3.63) is 58.4 Å². The molecule has 6 atom stereocenters. The Morgan fingerprint density at radius 1 is 1.12 bits per heavy atom. The highest BCUT2D eigenvalue weighted by Gasteiger charge is 2.67. The van der Waals surface area contributed by atoms with E-state index in [1.165, 1.54) is 25.5 Å². The van der Waals surface area contributed by atoms with Crippen molar-refractivity contribution >= 4 is 23.7 Å². The maximum absolute atomic E-state index is 13.0. The van der Waals surface area contributed by atoms with E-state index < -0.39 is 4.92 Å². The maximum Gasteiger partial charge on any atom is 0.273 e. The van der Waals surface area contributed by atoms with Crippen LogP contribution < -0.4 is 4.74 Å². The lowest BCUT2D eigenvalue weighted by atomic mass is 9.63. The number of nitrogens with zero attached hydrogens (tertiary/aromatic N) is 3. The van der Waals surface area contributed by atoms with E-state index in [-0.39, 0.29) is 41.2 Å². The van der Waals surface area contributed by atoms with Crippen LogP contribution in [0.4, 0.5) is 5.69 Å². The summed E-state index contributed by atoms with van der Waals surface area (Å²) in [5, 5.41) is 16.2. The summed E-state index contributed by atoms with van der Waals surface area (Å²) in [7, 11) is 1.42. The zero-order valence-corrected chi connectivity index (χ0v) is 17.1. The zero-order chi connectivity index (χ0) is 22.1. The van der Waals surface area contributed by atoms with E-state index in [1.807, 2.05) is 0 Å². The highest BCUT2D eigenvalue weighted by Crippen LogP contribution is 2.65. The third-order valence-corrected chi connectivity index (χ3v) is 7.23. The van der Waals surface area contributed by atoms with Crippen LogP contribution in [-0.4, -0.2) is 35.1 Å². The number of methoxy groups -OCH3 is 1. The van der Waals surface area contributed by atoms with Gasteiger partial charge in [-0.1, -0.05) is 12.2 Å². The Kier molecular flexibility index (Phi) is 3.93. The first-order valence-corrected chi connectivity index (χ1v) is 10.5. The van der Waals surface area contributed by atoms with Gasteiger partial charge in [0.2, 0.25) is 0 Å². The first-order valence-electron chi connectivity index (χ1n) is 10.5. The van der Waals surface area contributed by atoms with E-state index in [0.717, 1.165) is 11.4 Å². The predicted octanol–water partition coefficient (Wildman–Crippen LogP) is 3.25. The molecule has 4 aliphatic carbocycles. The molecule has 1 aliphatic heterocycles. The van der Waals surface area contributed by atoms with Crippen LogP contribution >= 0.6 is 0 Å². The fourth-order valence-corrected chi connectivity index (χ4v) is 5.73. The van der Waals surface area contributed by atoms with Gasteiger partial charge in [0.1, 0.15) is 17.3 Å². The molecule has 0 radical (unpaired) electrons. The lowest BCUT2D eigenvalue weighted by Crippen LogP contribution is -2.40. The van der Waals surface area contributed by atoms with E-state index in [9.17, 15) is 19.7 Å². The topological polar surface area (TPSA) is 115 Å². The summed E-state index contributed by atoms with van der Waals surface area (Å²) in [5.41, 5.74) is 0.450. The van der Waals surface area contributed by atoms with Gasteiger partial charge in [0.05, 0.1) is 41.7 Å². The molecule has 162 valence electrons. The van der Waals surface area contributed by atoms with Gasteiger partial charge in [-0.2, -0.15) is 10.1 Å². The number of nitro groups is 1. The number of amides is 2. The highest BCUT2D eigenvalue weighted by atomic mass is 16.6. The molecule has 3 fully saturated rings. The van der Waals surface area contributed by atoms with Crippen LogP contribution in [0.25, 0.3) is 11.3 Å². The molecule has 0 spiro atoms. The predicted molar refractivity (Wildman–Crippen MR) is 111 cm³/mol. The van der Waals surface area contributed by atoms with Crippen molar-refractivity contribution in [3.8, 4) is 17.1 Å². The molecular weight excluding hydrogens is 414 g/mol. The molecule has 2 amide bonds.